The van der Waals surface area contributed by atoms with Crippen molar-refractivity contribution in [3.05, 3.63) is 70.5 Å². The van der Waals surface area contributed by atoms with Crippen LogP contribution in [0.1, 0.15) is 37.8 Å². The molecule has 1 amide bonds. The maximum Gasteiger partial charge on any atom is 0.262 e. The minimum absolute atomic E-state index is 0.00256. The van der Waals surface area contributed by atoms with Gasteiger partial charge in [0.25, 0.3) is 5.56 Å². The molecule has 6 heteroatoms. The predicted octanol–water partition coefficient (Wildman–Crippen LogP) is 3.96. The highest BCUT2D eigenvalue weighted by Crippen LogP contribution is 2.36. The summed E-state index contributed by atoms with van der Waals surface area (Å²) in [5, 5.41) is 4.34. The third kappa shape index (κ3) is 4.88. The van der Waals surface area contributed by atoms with Crippen LogP contribution in [0, 0.1) is 0 Å². The van der Waals surface area contributed by atoms with Crippen LogP contribution in [0.25, 0.3) is 10.9 Å². The van der Waals surface area contributed by atoms with E-state index in [1.54, 1.807) is 4.57 Å². The molecule has 1 aliphatic carbocycles. The Kier molecular flexibility index (Phi) is 6.00. The molecule has 0 spiro atoms. The topological polar surface area (TPSA) is 64.0 Å². The Morgan fingerprint density at radius 2 is 1.90 bits per heavy atom. The van der Waals surface area contributed by atoms with E-state index in [1.165, 1.54) is 17.3 Å². The fourth-order valence-electron chi connectivity index (χ4n) is 3.43. The summed E-state index contributed by atoms with van der Waals surface area (Å²) >= 11 is 1.35. The Morgan fingerprint density at radius 1 is 1.17 bits per heavy atom. The van der Waals surface area contributed by atoms with Crippen LogP contribution in [0.4, 0.5) is 0 Å². The van der Waals surface area contributed by atoms with Crippen molar-refractivity contribution in [2.45, 2.75) is 49.8 Å². The van der Waals surface area contributed by atoms with E-state index in [4.69, 9.17) is 0 Å². The molecule has 29 heavy (non-hydrogen) atoms. The molecule has 1 heterocycles. The molecule has 1 N–H and O–H groups in total. The van der Waals surface area contributed by atoms with Crippen LogP contribution in [0.15, 0.2) is 64.5 Å². The zero-order chi connectivity index (χ0) is 20.2. The third-order valence-electron chi connectivity index (χ3n) is 5.14. The first kappa shape index (κ1) is 19.7. The van der Waals surface area contributed by atoms with E-state index < -0.39 is 0 Å². The Bertz CT molecular complexity index is 1060. The Morgan fingerprint density at radius 3 is 2.66 bits per heavy atom. The first-order valence-corrected chi connectivity index (χ1v) is 11.1. The monoisotopic (exact) mass is 407 g/mol. The summed E-state index contributed by atoms with van der Waals surface area (Å²) in [5.74, 6) is 0.230. The van der Waals surface area contributed by atoms with Gasteiger partial charge in [-0.3, -0.25) is 14.2 Å². The normalized spacial score (nSPS) is 14.7. The second kappa shape index (κ2) is 8.82. The molecule has 1 saturated carbocycles. The molecule has 5 nitrogen and oxygen atoms in total. The highest BCUT2D eigenvalue weighted by atomic mass is 32.2. The van der Waals surface area contributed by atoms with Gasteiger partial charge in [-0.2, -0.15) is 0 Å². The van der Waals surface area contributed by atoms with E-state index in [2.05, 4.69) is 22.4 Å². The summed E-state index contributed by atoms with van der Waals surface area (Å²) in [5.41, 5.74) is 1.96. The third-order valence-corrected chi connectivity index (χ3v) is 6.09. The minimum atomic E-state index is -0.0275. The average molecular weight is 408 g/mol. The number of rotatable bonds is 8. The maximum absolute atomic E-state index is 12.9. The van der Waals surface area contributed by atoms with E-state index in [9.17, 15) is 9.59 Å². The van der Waals surface area contributed by atoms with Gasteiger partial charge in [0.2, 0.25) is 5.91 Å². The molecule has 0 radical (unpaired) electrons. The second-order valence-corrected chi connectivity index (χ2v) is 8.54. The number of fused-ring (bicyclic) bond motifs is 1. The largest absolute Gasteiger partial charge is 0.353 e. The molecule has 150 valence electrons. The Labute approximate surface area is 174 Å². The average Bonchev–Trinajstić information content (AvgIpc) is 3.56. The van der Waals surface area contributed by atoms with Crippen molar-refractivity contribution >= 4 is 28.6 Å². The fourth-order valence-corrected chi connectivity index (χ4v) is 4.31. The first-order valence-electron chi connectivity index (χ1n) is 10.1. The van der Waals surface area contributed by atoms with Gasteiger partial charge in [0.15, 0.2) is 5.16 Å². The zero-order valence-corrected chi connectivity index (χ0v) is 17.3. The summed E-state index contributed by atoms with van der Waals surface area (Å²) in [6.07, 6.45) is 3.82. The first-order chi connectivity index (χ1) is 14.1. The van der Waals surface area contributed by atoms with Gasteiger partial charge in [-0.1, -0.05) is 54.2 Å². The number of nitrogens with one attached hydrogen (secondary N) is 1. The molecule has 0 unspecified atom stereocenters. The number of carbonyl (C=O) groups excluding carboxylic acids is 1. The van der Waals surface area contributed by atoms with Gasteiger partial charge in [0.1, 0.15) is 0 Å². The number of benzene rings is 2. The van der Waals surface area contributed by atoms with Crippen molar-refractivity contribution in [1.29, 1.82) is 0 Å². The Balaban J connectivity index is 1.38. The molecule has 3 aromatic rings. The molecule has 0 saturated heterocycles. The molecule has 1 aromatic heterocycles. The van der Waals surface area contributed by atoms with Gasteiger partial charge in [-0.05, 0) is 50.3 Å². The number of hydrogen-bond donors (Lipinski definition) is 1. The predicted molar refractivity (Wildman–Crippen MR) is 117 cm³/mol. The molecule has 0 aliphatic heterocycles. The lowest BCUT2D eigenvalue weighted by Crippen LogP contribution is -2.34. The molecule has 0 bridgehead atoms. The summed E-state index contributed by atoms with van der Waals surface area (Å²) in [6, 6.07) is 18.0. The van der Waals surface area contributed by atoms with Crippen molar-refractivity contribution < 1.29 is 4.79 Å². The van der Waals surface area contributed by atoms with Crippen LogP contribution in [0.2, 0.25) is 0 Å². The maximum atomic E-state index is 12.9. The number of nitrogens with zero attached hydrogens (tertiary/aromatic N) is 2. The highest BCUT2D eigenvalue weighted by molar-refractivity contribution is 7.99. The lowest BCUT2D eigenvalue weighted by molar-refractivity contribution is -0.119. The number of aryl methyl sites for hydroxylation is 1. The van der Waals surface area contributed by atoms with E-state index >= 15 is 0 Å². The molecule has 1 atom stereocenters. The Hall–Kier alpha value is -2.60. The van der Waals surface area contributed by atoms with Gasteiger partial charge in [0, 0.05) is 12.1 Å². The molecule has 1 fully saturated rings. The summed E-state index contributed by atoms with van der Waals surface area (Å²) < 4.78 is 1.78. The van der Waals surface area contributed by atoms with Gasteiger partial charge in [-0.25, -0.2) is 4.98 Å². The van der Waals surface area contributed by atoms with Crippen LogP contribution in [0.5, 0.6) is 0 Å². The number of thioether (sulfide) groups is 1. The number of amides is 1. The molecule has 4 rings (SSSR count). The van der Waals surface area contributed by atoms with Crippen molar-refractivity contribution in [3.8, 4) is 0 Å². The van der Waals surface area contributed by atoms with Crippen molar-refractivity contribution in [1.82, 2.24) is 14.9 Å². The molecular weight excluding hydrogens is 382 g/mol. The van der Waals surface area contributed by atoms with E-state index in [-0.39, 0.29) is 29.3 Å². The van der Waals surface area contributed by atoms with Gasteiger partial charge in [-0.15, -0.1) is 0 Å². The highest BCUT2D eigenvalue weighted by Gasteiger charge is 2.28. The molecule has 1 aliphatic rings. The second-order valence-electron chi connectivity index (χ2n) is 7.60. The zero-order valence-electron chi connectivity index (χ0n) is 16.5. The van der Waals surface area contributed by atoms with Crippen molar-refractivity contribution in [3.63, 3.8) is 0 Å². The fraction of sp³-hybridized carbons (Fsp3) is 0.348. The number of carbonyl (C=O) groups is 1. The SMILES string of the molecule is C[C@H](CCc1ccccc1)NC(=O)CSc1nc2ccccc2c(=O)n1C1CC1. The van der Waals surface area contributed by atoms with E-state index in [0.717, 1.165) is 25.7 Å². The van der Waals surface area contributed by atoms with Crippen LogP contribution in [0.3, 0.4) is 0 Å². The van der Waals surface area contributed by atoms with Crippen molar-refractivity contribution in [2.75, 3.05) is 5.75 Å². The summed E-state index contributed by atoms with van der Waals surface area (Å²) in [4.78, 5) is 30.0. The lowest BCUT2D eigenvalue weighted by Gasteiger charge is -2.15. The number of aromatic nitrogens is 2. The van der Waals surface area contributed by atoms with Gasteiger partial charge >= 0.3 is 0 Å². The molecule has 2 aromatic carbocycles. The van der Waals surface area contributed by atoms with Crippen molar-refractivity contribution in [2.24, 2.45) is 0 Å². The minimum Gasteiger partial charge on any atom is -0.353 e. The van der Waals surface area contributed by atoms with E-state index in [0.29, 0.717) is 16.1 Å². The van der Waals surface area contributed by atoms with Crippen LogP contribution < -0.4 is 10.9 Å². The smallest absolute Gasteiger partial charge is 0.262 e. The number of para-hydroxylation sites is 1. The molecular formula is C23H25N3O2S. The van der Waals surface area contributed by atoms with Crippen LogP contribution in [-0.2, 0) is 11.2 Å². The summed E-state index contributed by atoms with van der Waals surface area (Å²) in [7, 11) is 0. The van der Waals surface area contributed by atoms with Crippen LogP contribution in [-0.4, -0.2) is 27.3 Å². The van der Waals surface area contributed by atoms with Gasteiger partial charge < -0.3 is 5.32 Å². The quantitative estimate of drug-likeness (QED) is 0.453. The van der Waals surface area contributed by atoms with Crippen LogP contribution >= 0.6 is 11.8 Å². The number of hydrogen-bond acceptors (Lipinski definition) is 4. The van der Waals surface area contributed by atoms with Gasteiger partial charge in [0.05, 0.1) is 16.7 Å². The lowest BCUT2D eigenvalue weighted by atomic mass is 10.1. The standard InChI is InChI=1S/C23H25N3O2S/c1-16(11-12-17-7-3-2-4-8-17)24-21(27)15-29-23-25-20-10-6-5-9-19(20)22(28)26(23)18-13-14-18/h2-10,16,18H,11-15H2,1H3,(H,24,27)/t16-/m1/s1. The van der Waals surface area contributed by atoms with E-state index in [1.807, 2.05) is 49.4 Å². The summed E-state index contributed by atoms with van der Waals surface area (Å²) in [6.45, 7) is 2.03.